The molecule has 1 aliphatic heterocycles. The Labute approximate surface area is 143 Å². The average molecular weight is 334 g/mol. The molecule has 0 bridgehead atoms. The standard InChI is InChI=1S/C18H26N2O4/c1-13(2)12-24-18(19-11-16-8-5-9-23-16)20-17(21)14-6-4-7-15(10-14)22-3/h4,6-7,10,13,16H,5,8-9,11-12H2,1-3H3,(H,19,20,21)/t16-/m1/s1. The summed E-state index contributed by atoms with van der Waals surface area (Å²) in [7, 11) is 1.57. The topological polar surface area (TPSA) is 69.2 Å². The number of benzene rings is 1. The van der Waals surface area contributed by atoms with Gasteiger partial charge in [-0.15, -0.1) is 0 Å². The first-order valence-electron chi connectivity index (χ1n) is 8.32. The fourth-order valence-electron chi connectivity index (χ4n) is 2.27. The minimum atomic E-state index is -0.274. The van der Waals surface area contributed by atoms with Gasteiger partial charge in [0.15, 0.2) is 0 Å². The molecule has 0 aromatic heterocycles. The van der Waals surface area contributed by atoms with E-state index in [4.69, 9.17) is 14.2 Å². The Morgan fingerprint density at radius 2 is 2.29 bits per heavy atom. The molecule has 6 heteroatoms. The molecule has 1 aliphatic rings. The molecule has 1 amide bonds. The molecule has 1 aromatic rings. The van der Waals surface area contributed by atoms with Gasteiger partial charge in [-0.1, -0.05) is 19.9 Å². The maximum Gasteiger partial charge on any atom is 0.291 e. The summed E-state index contributed by atoms with van der Waals surface area (Å²) in [6, 6.07) is 7.20. The zero-order valence-electron chi connectivity index (χ0n) is 14.6. The second-order valence-corrected chi connectivity index (χ2v) is 6.17. The smallest absolute Gasteiger partial charge is 0.291 e. The van der Waals surface area contributed by atoms with E-state index >= 15 is 0 Å². The van der Waals surface area contributed by atoms with Gasteiger partial charge in [-0.3, -0.25) is 10.1 Å². The van der Waals surface area contributed by atoms with Gasteiger partial charge in [-0.05, 0) is 37.0 Å². The highest BCUT2D eigenvalue weighted by atomic mass is 16.5. The molecular formula is C18H26N2O4. The van der Waals surface area contributed by atoms with Crippen LogP contribution in [-0.4, -0.2) is 44.9 Å². The third-order valence-electron chi connectivity index (χ3n) is 3.57. The third kappa shape index (κ3) is 5.85. The highest BCUT2D eigenvalue weighted by molar-refractivity contribution is 6.04. The van der Waals surface area contributed by atoms with E-state index in [9.17, 15) is 4.79 Å². The lowest BCUT2D eigenvalue weighted by molar-refractivity contribution is 0.0959. The lowest BCUT2D eigenvalue weighted by Crippen LogP contribution is -2.34. The fraction of sp³-hybridized carbons (Fsp3) is 0.556. The third-order valence-corrected chi connectivity index (χ3v) is 3.57. The zero-order valence-corrected chi connectivity index (χ0v) is 14.6. The molecular weight excluding hydrogens is 308 g/mol. The maximum atomic E-state index is 12.4. The second kappa shape index (κ2) is 9.27. The Morgan fingerprint density at radius 3 is 2.96 bits per heavy atom. The fourth-order valence-corrected chi connectivity index (χ4v) is 2.27. The van der Waals surface area contributed by atoms with Crippen LogP contribution in [0.1, 0.15) is 37.0 Å². The summed E-state index contributed by atoms with van der Waals surface area (Å²) in [5, 5.41) is 2.74. The number of nitrogens with one attached hydrogen (secondary N) is 1. The molecule has 2 rings (SSSR count). The number of rotatable bonds is 6. The summed E-state index contributed by atoms with van der Waals surface area (Å²) >= 11 is 0. The summed E-state index contributed by atoms with van der Waals surface area (Å²) in [5.41, 5.74) is 0.493. The predicted molar refractivity (Wildman–Crippen MR) is 92.5 cm³/mol. The number of amidine groups is 1. The van der Waals surface area contributed by atoms with Gasteiger partial charge in [0.2, 0.25) is 0 Å². The first-order valence-corrected chi connectivity index (χ1v) is 8.32. The van der Waals surface area contributed by atoms with Gasteiger partial charge in [0.05, 0.1) is 26.4 Å². The summed E-state index contributed by atoms with van der Waals surface area (Å²) in [6.45, 7) is 5.84. The molecule has 1 saturated heterocycles. The summed E-state index contributed by atoms with van der Waals surface area (Å²) in [6.07, 6.45) is 2.15. The Kier molecular flexibility index (Phi) is 7.06. The zero-order chi connectivity index (χ0) is 17.4. The quantitative estimate of drug-likeness (QED) is 0.641. The molecule has 0 spiro atoms. The van der Waals surface area contributed by atoms with Crippen molar-refractivity contribution < 1.29 is 19.0 Å². The van der Waals surface area contributed by atoms with Crippen molar-refractivity contribution in [2.45, 2.75) is 32.8 Å². The van der Waals surface area contributed by atoms with Gasteiger partial charge in [-0.25, -0.2) is 4.99 Å². The SMILES string of the molecule is COc1cccc(C(=O)NC(=NC[C@H]2CCCO2)OCC(C)C)c1. The number of carbonyl (C=O) groups is 1. The van der Waals surface area contributed by atoms with Crippen molar-refractivity contribution in [3.8, 4) is 5.75 Å². The predicted octanol–water partition coefficient (Wildman–Crippen LogP) is 2.63. The van der Waals surface area contributed by atoms with Crippen LogP contribution in [0.4, 0.5) is 0 Å². The minimum Gasteiger partial charge on any atom is -0.497 e. The van der Waals surface area contributed by atoms with E-state index in [0.717, 1.165) is 19.4 Å². The van der Waals surface area contributed by atoms with Crippen LogP contribution in [0, 0.1) is 5.92 Å². The lowest BCUT2D eigenvalue weighted by Gasteiger charge is -2.14. The number of carbonyl (C=O) groups excluding carboxylic acids is 1. The molecule has 0 aliphatic carbocycles. The minimum absolute atomic E-state index is 0.108. The van der Waals surface area contributed by atoms with E-state index in [-0.39, 0.29) is 18.0 Å². The van der Waals surface area contributed by atoms with E-state index in [1.165, 1.54) is 0 Å². The van der Waals surface area contributed by atoms with Crippen molar-refractivity contribution in [3.05, 3.63) is 29.8 Å². The molecule has 1 aromatic carbocycles. The van der Waals surface area contributed by atoms with Crippen molar-refractivity contribution >= 4 is 11.9 Å². The molecule has 0 radical (unpaired) electrons. The van der Waals surface area contributed by atoms with Crippen LogP contribution in [0.5, 0.6) is 5.75 Å². The van der Waals surface area contributed by atoms with Crippen molar-refractivity contribution in [3.63, 3.8) is 0 Å². The summed E-state index contributed by atoms with van der Waals surface area (Å²) < 4.78 is 16.3. The molecule has 1 N–H and O–H groups in total. The lowest BCUT2D eigenvalue weighted by atomic mass is 10.2. The van der Waals surface area contributed by atoms with Crippen molar-refractivity contribution in [2.75, 3.05) is 26.9 Å². The van der Waals surface area contributed by atoms with Crippen LogP contribution in [0.3, 0.4) is 0 Å². The molecule has 0 saturated carbocycles. The van der Waals surface area contributed by atoms with Gasteiger partial charge in [-0.2, -0.15) is 0 Å². The van der Waals surface area contributed by atoms with E-state index in [2.05, 4.69) is 10.3 Å². The van der Waals surface area contributed by atoms with Gasteiger partial charge in [0.25, 0.3) is 11.9 Å². The highest BCUT2D eigenvalue weighted by Crippen LogP contribution is 2.13. The molecule has 1 heterocycles. The van der Waals surface area contributed by atoms with Crippen molar-refractivity contribution in [1.82, 2.24) is 5.32 Å². The number of hydrogen-bond acceptors (Lipinski definition) is 5. The largest absolute Gasteiger partial charge is 0.497 e. The number of aliphatic imine (C=N–C) groups is 1. The highest BCUT2D eigenvalue weighted by Gasteiger charge is 2.17. The van der Waals surface area contributed by atoms with Crippen LogP contribution in [0.25, 0.3) is 0 Å². The van der Waals surface area contributed by atoms with Gasteiger partial charge >= 0.3 is 0 Å². The molecule has 1 fully saturated rings. The normalized spacial score (nSPS) is 17.8. The van der Waals surface area contributed by atoms with Crippen LogP contribution in [0.2, 0.25) is 0 Å². The number of ether oxygens (including phenoxy) is 3. The molecule has 132 valence electrons. The number of nitrogens with zero attached hydrogens (tertiary/aromatic N) is 1. The second-order valence-electron chi connectivity index (χ2n) is 6.17. The Hall–Kier alpha value is -2.08. The molecule has 0 unspecified atom stereocenters. The van der Waals surface area contributed by atoms with E-state index in [1.807, 2.05) is 13.8 Å². The van der Waals surface area contributed by atoms with Gasteiger partial charge in [0.1, 0.15) is 5.75 Å². The first-order chi connectivity index (χ1) is 11.6. The van der Waals surface area contributed by atoms with Crippen LogP contribution in [0.15, 0.2) is 29.3 Å². The Morgan fingerprint density at radius 1 is 1.46 bits per heavy atom. The molecule has 24 heavy (non-hydrogen) atoms. The average Bonchev–Trinajstić information content (AvgIpc) is 3.10. The Bertz CT molecular complexity index is 566. The first kappa shape index (κ1) is 18.3. The number of methoxy groups -OCH3 is 1. The monoisotopic (exact) mass is 334 g/mol. The number of hydrogen-bond donors (Lipinski definition) is 1. The van der Waals surface area contributed by atoms with E-state index in [0.29, 0.717) is 30.4 Å². The number of amides is 1. The summed E-state index contributed by atoms with van der Waals surface area (Å²) in [4.78, 5) is 16.8. The van der Waals surface area contributed by atoms with Gasteiger partial charge in [0, 0.05) is 12.2 Å². The van der Waals surface area contributed by atoms with Crippen LogP contribution in [-0.2, 0) is 9.47 Å². The van der Waals surface area contributed by atoms with Crippen molar-refractivity contribution in [1.29, 1.82) is 0 Å². The van der Waals surface area contributed by atoms with Gasteiger partial charge < -0.3 is 14.2 Å². The molecule has 6 nitrogen and oxygen atoms in total. The molecule has 1 atom stereocenters. The van der Waals surface area contributed by atoms with Crippen LogP contribution >= 0.6 is 0 Å². The maximum absolute atomic E-state index is 12.4. The van der Waals surface area contributed by atoms with E-state index in [1.54, 1.807) is 31.4 Å². The van der Waals surface area contributed by atoms with Crippen molar-refractivity contribution in [2.24, 2.45) is 10.9 Å². The van der Waals surface area contributed by atoms with Crippen LogP contribution < -0.4 is 10.1 Å². The van der Waals surface area contributed by atoms with E-state index < -0.39 is 0 Å². The summed E-state index contributed by atoms with van der Waals surface area (Å²) in [5.74, 6) is 0.694. The Balaban J connectivity index is 2.01.